The first kappa shape index (κ1) is 30.3. The third-order valence-corrected chi connectivity index (χ3v) is 8.92. The van der Waals surface area contributed by atoms with Crippen LogP contribution in [0.5, 0.6) is 0 Å². The summed E-state index contributed by atoms with van der Waals surface area (Å²) in [5.41, 5.74) is 9.68. The third-order valence-electron chi connectivity index (χ3n) is 8.92. The average molecular weight is 640 g/mol. The lowest BCUT2D eigenvalue weighted by Crippen LogP contribution is -2.02. The van der Waals surface area contributed by atoms with E-state index in [0.29, 0.717) is 34.2 Å². The van der Waals surface area contributed by atoms with Crippen molar-refractivity contribution in [1.82, 2.24) is 19.9 Å². The Bertz CT molecular complexity index is 2580. The summed E-state index contributed by atoms with van der Waals surface area (Å²) in [5.74, 6) is 0.631. The maximum absolute atomic E-state index is 9.87. The highest BCUT2D eigenvalue weighted by Gasteiger charge is 2.21. The van der Waals surface area contributed by atoms with Crippen molar-refractivity contribution in [2.24, 2.45) is 0 Å². The van der Waals surface area contributed by atoms with Gasteiger partial charge in [0.05, 0.1) is 45.8 Å². The molecule has 0 amide bonds. The molecule has 0 fully saturated rings. The summed E-state index contributed by atoms with van der Waals surface area (Å²) in [5, 5.41) is 13.6. The molecule has 2 aromatic heterocycles. The first-order chi connectivity index (χ1) is 24.7. The molecule has 0 saturated heterocycles. The van der Waals surface area contributed by atoms with Crippen LogP contribution in [0.3, 0.4) is 0 Å². The highest BCUT2D eigenvalue weighted by molar-refractivity contribution is 6.07. The number of benzene rings is 6. The molecule has 0 aliphatic rings. The van der Waals surface area contributed by atoms with Crippen LogP contribution in [0.4, 0.5) is 0 Å². The SMILES string of the molecule is C=Cc1nc(-c2cccc3c(C#N)cccc23)c(-c2ccc(-c3nc(-c4ccccc4)cc(-c4ccccc4)n3)c3ccccc23)nc1C=C. The van der Waals surface area contributed by atoms with Crippen molar-refractivity contribution >= 4 is 33.7 Å². The zero-order valence-electron chi connectivity index (χ0n) is 27.1. The van der Waals surface area contributed by atoms with Gasteiger partial charge in [0.25, 0.3) is 0 Å². The van der Waals surface area contributed by atoms with Gasteiger partial charge in [-0.1, -0.05) is 134 Å². The van der Waals surface area contributed by atoms with Crippen LogP contribution in [0.1, 0.15) is 17.0 Å². The van der Waals surface area contributed by atoms with Crippen LogP contribution < -0.4 is 0 Å². The van der Waals surface area contributed by atoms with E-state index in [-0.39, 0.29) is 0 Å². The lowest BCUT2D eigenvalue weighted by Gasteiger charge is -2.17. The number of nitriles is 1. The lowest BCUT2D eigenvalue weighted by atomic mass is 9.92. The van der Waals surface area contributed by atoms with Crippen LogP contribution in [0.15, 0.2) is 153 Å². The molecule has 0 spiro atoms. The molecule has 2 heterocycles. The minimum absolute atomic E-state index is 0.605. The molecule has 0 aliphatic heterocycles. The van der Waals surface area contributed by atoms with Gasteiger partial charge in [-0.05, 0) is 46.5 Å². The zero-order valence-corrected chi connectivity index (χ0v) is 27.1. The molecular formula is C45H29N5. The predicted octanol–water partition coefficient (Wildman–Crippen LogP) is 11.1. The van der Waals surface area contributed by atoms with Crippen molar-refractivity contribution in [2.75, 3.05) is 0 Å². The number of nitrogens with zero attached hydrogens (tertiary/aromatic N) is 5. The smallest absolute Gasteiger partial charge is 0.161 e. The Morgan fingerprint density at radius 1 is 0.460 bits per heavy atom. The molecule has 0 atom stereocenters. The number of hydrogen-bond donors (Lipinski definition) is 0. The van der Waals surface area contributed by atoms with E-state index in [9.17, 15) is 5.26 Å². The highest BCUT2D eigenvalue weighted by atomic mass is 14.9. The first-order valence-electron chi connectivity index (χ1n) is 16.3. The van der Waals surface area contributed by atoms with E-state index >= 15 is 0 Å². The van der Waals surface area contributed by atoms with Crippen molar-refractivity contribution in [3.63, 3.8) is 0 Å². The fourth-order valence-corrected chi connectivity index (χ4v) is 6.53. The van der Waals surface area contributed by atoms with Crippen molar-refractivity contribution in [3.05, 3.63) is 170 Å². The summed E-state index contributed by atoms with van der Waals surface area (Å²) in [6.07, 6.45) is 3.41. The van der Waals surface area contributed by atoms with Gasteiger partial charge < -0.3 is 0 Å². The molecule has 0 saturated carbocycles. The number of aromatic nitrogens is 4. The van der Waals surface area contributed by atoms with Crippen molar-refractivity contribution in [1.29, 1.82) is 5.26 Å². The Morgan fingerprint density at radius 2 is 0.920 bits per heavy atom. The van der Waals surface area contributed by atoms with E-state index < -0.39 is 0 Å². The molecule has 0 N–H and O–H groups in total. The van der Waals surface area contributed by atoms with Gasteiger partial charge in [-0.2, -0.15) is 5.26 Å². The largest absolute Gasteiger partial charge is 0.244 e. The Hall–Kier alpha value is -7.03. The third kappa shape index (κ3) is 5.32. The molecule has 8 aromatic rings. The molecule has 234 valence electrons. The van der Waals surface area contributed by atoms with E-state index in [0.717, 1.165) is 60.8 Å². The minimum atomic E-state index is 0.605. The number of rotatable bonds is 7. The minimum Gasteiger partial charge on any atom is -0.244 e. The van der Waals surface area contributed by atoms with Crippen LogP contribution in [0.2, 0.25) is 0 Å². The summed E-state index contributed by atoms with van der Waals surface area (Å²) in [6.45, 7) is 8.04. The van der Waals surface area contributed by atoms with Gasteiger partial charge in [0.1, 0.15) is 0 Å². The number of fused-ring (bicyclic) bond motifs is 2. The Morgan fingerprint density at radius 3 is 1.50 bits per heavy atom. The summed E-state index contributed by atoms with van der Waals surface area (Å²) in [6, 6.07) is 48.9. The second-order valence-corrected chi connectivity index (χ2v) is 11.8. The fourth-order valence-electron chi connectivity index (χ4n) is 6.53. The topological polar surface area (TPSA) is 75.3 Å². The van der Waals surface area contributed by atoms with E-state index in [1.807, 2.05) is 91.0 Å². The molecule has 6 aromatic carbocycles. The normalized spacial score (nSPS) is 10.9. The first-order valence-corrected chi connectivity index (χ1v) is 16.3. The maximum Gasteiger partial charge on any atom is 0.161 e. The van der Waals surface area contributed by atoms with Crippen LogP contribution in [-0.4, -0.2) is 19.9 Å². The Kier molecular flexibility index (Phi) is 7.81. The molecule has 8 rings (SSSR count). The molecule has 5 nitrogen and oxygen atoms in total. The second-order valence-electron chi connectivity index (χ2n) is 11.8. The average Bonchev–Trinajstić information content (AvgIpc) is 3.20. The lowest BCUT2D eigenvalue weighted by molar-refractivity contribution is 1.17. The summed E-state index contributed by atoms with van der Waals surface area (Å²) in [7, 11) is 0. The van der Waals surface area contributed by atoms with Crippen LogP contribution >= 0.6 is 0 Å². The fraction of sp³-hybridized carbons (Fsp3) is 0. The van der Waals surface area contributed by atoms with Gasteiger partial charge in [-0.25, -0.2) is 19.9 Å². The van der Waals surface area contributed by atoms with Gasteiger partial charge in [-0.15, -0.1) is 0 Å². The van der Waals surface area contributed by atoms with Gasteiger partial charge >= 0.3 is 0 Å². The second kappa shape index (κ2) is 12.9. The van der Waals surface area contributed by atoms with Crippen molar-refractivity contribution < 1.29 is 0 Å². The van der Waals surface area contributed by atoms with Gasteiger partial charge in [0, 0.05) is 33.2 Å². The maximum atomic E-state index is 9.87. The van der Waals surface area contributed by atoms with E-state index in [1.165, 1.54) is 0 Å². The van der Waals surface area contributed by atoms with Crippen LogP contribution in [-0.2, 0) is 0 Å². The number of hydrogen-bond acceptors (Lipinski definition) is 5. The highest BCUT2D eigenvalue weighted by Crippen LogP contribution is 2.41. The molecule has 0 radical (unpaired) electrons. The molecule has 50 heavy (non-hydrogen) atoms. The van der Waals surface area contributed by atoms with E-state index in [2.05, 4.69) is 67.8 Å². The Labute approximate surface area is 290 Å². The van der Waals surface area contributed by atoms with Gasteiger partial charge in [-0.3, -0.25) is 0 Å². The van der Waals surface area contributed by atoms with Gasteiger partial charge in [0.15, 0.2) is 5.82 Å². The van der Waals surface area contributed by atoms with E-state index in [4.69, 9.17) is 19.9 Å². The van der Waals surface area contributed by atoms with Gasteiger partial charge in [0.2, 0.25) is 0 Å². The van der Waals surface area contributed by atoms with Crippen LogP contribution in [0, 0.1) is 11.3 Å². The standard InChI is InChI=1S/C45H29N5/c1-3-39-40(4-2)48-44(43(47-39)36-24-14-22-32-31(28-46)19-13-23-33(32)36)37-25-26-38(35-21-12-11-20-34(35)37)45-49-41(29-15-7-5-8-16-29)27-42(50-45)30-17-9-6-10-18-30/h3-27H,1-2H2. The summed E-state index contributed by atoms with van der Waals surface area (Å²) < 4.78 is 0. The molecule has 0 unspecified atom stereocenters. The van der Waals surface area contributed by atoms with E-state index in [1.54, 1.807) is 12.2 Å². The molecule has 0 aliphatic carbocycles. The Balaban J connectivity index is 1.39. The van der Waals surface area contributed by atoms with Crippen molar-refractivity contribution in [3.8, 4) is 62.5 Å². The summed E-state index contributed by atoms with van der Waals surface area (Å²) >= 11 is 0. The monoisotopic (exact) mass is 639 g/mol. The quantitative estimate of drug-likeness (QED) is 0.173. The molecular weight excluding hydrogens is 611 g/mol. The molecule has 0 bridgehead atoms. The van der Waals surface area contributed by atoms with Crippen molar-refractivity contribution in [2.45, 2.75) is 0 Å². The summed E-state index contributed by atoms with van der Waals surface area (Å²) in [4.78, 5) is 20.6. The zero-order chi connectivity index (χ0) is 34.0. The predicted molar refractivity (Wildman–Crippen MR) is 205 cm³/mol. The van der Waals surface area contributed by atoms with Crippen LogP contribution in [0.25, 0.3) is 90.1 Å². The molecule has 5 heteroatoms.